The Morgan fingerprint density at radius 2 is 1.42 bits per heavy atom. The highest BCUT2D eigenvalue weighted by Gasteiger charge is 2.33. The number of nitrogens with zero attached hydrogens (tertiary/aromatic N) is 1. The van der Waals surface area contributed by atoms with Crippen molar-refractivity contribution in [3.63, 3.8) is 0 Å². The lowest BCUT2D eigenvalue weighted by Crippen LogP contribution is -2.40. The molecule has 3 atom stereocenters. The summed E-state index contributed by atoms with van der Waals surface area (Å²) in [5, 5.41) is 15.4. The summed E-state index contributed by atoms with van der Waals surface area (Å²) < 4.78 is 13.1. The monoisotopic (exact) mass is 656 g/mol. The third-order valence-corrected chi connectivity index (χ3v) is 9.31. The average molecular weight is 657 g/mol. The fraction of sp³-hybridized carbons (Fsp3) is 0.487. The minimum absolute atomic E-state index is 0.00153. The summed E-state index contributed by atoms with van der Waals surface area (Å²) in [4.78, 5) is 27.3. The number of rotatable bonds is 14. The predicted octanol–water partition coefficient (Wildman–Crippen LogP) is 6.78. The van der Waals surface area contributed by atoms with Crippen LogP contribution in [0.5, 0.6) is 0 Å². The van der Waals surface area contributed by atoms with Gasteiger partial charge in [-0.15, -0.1) is 0 Å². The molecule has 0 saturated carbocycles. The van der Waals surface area contributed by atoms with Gasteiger partial charge in [0.15, 0.2) is 6.29 Å². The largest absolute Gasteiger partial charge is 0.397 e. The van der Waals surface area contributed by atoms with E-state index < -0.39 is 6.29 Å². The van der Waals surface area contributed by atoms with Crippen LogP contribution in [0, 0.1) is 0 Å². The zero-order valence-electron chi connectivity index (χ0n) is 28.1. The number of ether oxygens (including phenoxy) is 2. The molecule has 258 valence electrons. The van der Waals surface area contributed by atoms with Gasteiger partial charge >= 0.3 is 0 Å². The van der Waals surface area contributed by atoms with Gasteiger partial charge in [0.2, 0.25) is 11.8 Å². The Kier molecular flexibility index (Phi) is 13.8. The number of benzene rings is 3. The van der Waals surface area contributed by atoms with Crippen molar-refractivity contribution < 1.29 is 24.2 Å². The van der Waals surface area contributed by atoms with E-state index in [2.05, 4.69) is 27.7 Å². The molecule has 3 aromatic carbocycles. The number of aliphatic hydroxyl groups excluding tert-OH is 1. The Balaban J connectivity index is 1.08. The first-order valence-electron chi connectivity index (χ1n) is 17.7. The van der Waals surface area contributed by atoms with Gasteiger partial charge in [-0.1, -0.05) is 86.3 Å². The molecule has 9 heteroatoms. The molecule has 48 heavy (non-hydrogen) atoms. The number of carbonyl (C=O) groups excluding carboxylic acids is 2. The number of nitrogens with one attached hydrogen (secondary N) is 2. The highest BCUT2D eigenvalue weighted by molar-refractivity contribution is 5.93. The van der Waals surface area contributed by atoms with Gasteiger partial charge in [0.25, 0.3) is 0 Å². The van der Waals surface area contributed by atoms with Crippen LogP contribution >= 0.6 is 0 Å². The minimum Gasteiger partial charge on any atom is -0.397 e. The predicted molar refractivity (Wildman–Crippen MR) is 189 cm³/mol. The Labute approximate surface area is 285 Å². The zero-order chi connectivity index (χ0) is 33.6. The van der Waals surface area contributed by atoms with Crippen molar-refractivity contribution in [2.75, 3.05) is 30.7 Å². The number of amides is 2. The maximum Gasteiger partial charge on any atom is 0.224 e. The topological polar surface area (TPSA) is 126 Å². The number of unbranched alkanes of at least 4 members (excludes halogenated alkanes) is 2. The van der Waals surface area contributed by atoms with Crippen LogP contribution < -0.4 is 16.4 Å². The lowest BCUT2D eigenvalue weighted by atomic mass is 9.99. The molecule has 2 aliphatic rings. The zero-order valence-corrected chi connectivity index (χ0v) is 28.1. The molecule has 0 unspecified atom stereocenters. The first-order chi connectivity index (χ1) is 23.5. The molecular weight excluding hydrogens is 604 g/mol. The van der Waals surface area contributed by atoms with Gasteiger partial charge in [0.05, 0.1) is 30.2 Å². The van der Waals surface area contributed by atoms with Crippen molar-refractivity contribution >= 4 is 23.2 Å². The molecule has 0 aliphatic carbocycles. The second-order valence-corrected chi connectivity index (χ2v) is 13.1. The van der Waals surface area contributed by atoms with Gasteiger partial charge in [-0.05, 0) is 67.6 Å². The van der Waals surface area contributed by atoms with E-state index in [4.69, 9.17) is 15.2 Å². The lowest BCUT2D eigenvalue weighted by Gasteiger charge is -2.38. The van der Waals surface area contributed by atoms with Crippen LogP contribution in [-0.4, -0.2) is 47.6 Å². The molecule has 3 aromatic rings. The highest BCUT2D eigenvalue weighted by Crippen LogP contribution is 2.38. The second-order valence-electron chi connectivity index (χ2n) is 13.1. The number of nitrogen functional groups attached to an aromatic ring is 1. The lowest BCUT2D eigenvalue weighted by molar-refractivity contribution is -0.253. The summed E-state index contributed by atoms with van der Waals surface area (Å²) in [6.45, 7) is 3.59. The molecule has 0 aromatic heterocycles. The van der Waals surface area contributed by atoms with Crippen molar-refractivity contribution in [2.24, 2.45) is 0 Å². The fourth-order valence-corrected chi connectivity index (χ4v) is 6.47. The standard InChI is InChI=1S/C39H52N4O5/c40-34-11-7-8-12-35(34)42-38(46)14-6-4-5-13-37(45)41-26-29-15-21-32(22-16-29)39-47-33(27-43-23-9-2-1-3-10-24-43)25-36(48-39)31-19-17-30(28-44)18-20-31/h7-8,11-12,15-22,33,36,39,44H,1-6,9-10,13-14,23-28,40H2,(H,41,45)(H,42,46)/t33-,36+,39+/m1/s1. The van der Waals surface area contributed by atoms with Crippen molar-refractivity contribution in [1.29, 1.82) is 0 Å². The summed E-state index contributed by atoms with van der Waals surface area (Å²) in [5.41, 5.74) is 11.0. The van der Waals surface area contributed by atoms with E-state index in [-0.39, 0.29) is 30.6 Å². The number of hydrogen-bond donors (Lipinski definition) is 4. The van der Waals surface area contributed by atoms with Crippen molar-refractivity contribution in [3.8, 4) is 0 Å². The van der Waals surface area contributed by atoms with Crippen LogP contribution in [0.4, 0.5) is 11.4 Å². The summed E-state index contributed by atoms with van der Waals surface area (Å²) >= 11 is 0. The van der Waals surface area contributed by atoms with Crippen molar-refractivity contribution in [1.82, 2.24) is 10.2 Å². The third-order valence-electron chi connectivity index (χ3n) is 9.31. The number of aliphatic hydroxyl groups is 1. The molecule has 2 saturated heterocycles. The highest BCUT2D eigenvalue weighted by atomic mass is 16.7. The second kappa shape index (κ2) is 18.7. The van der Waals surface area contributed by atoms with E-state index in [0.29, 0.717) is 37.2 Å². The van der Waals surface area contributed by atoms with E-state index in [1.54, 1.807) is 12.1 Å². The smallest absolute Gasteiger partial charge is 0.224 e. The molecule has 9 nitrogen and oxygen atoms in total. The number of nitrogens with two attached hydrogens (primary N) is 1. The Morgan fingerprint density at radius 3 is 2.12 bits per heavy atom. The summed E-state index contributed by atoms with van der Waals surface area (Å²) in [6.07, 6.45) is 9.70. The number of likely N-dealkylation sites (tertiary alicyclic amines) is 1. The van der Waals surface area contributed by atoms with Crippen LogP contribution in [0.2, 0.25) is 0 Å². The van der Waals surface area contributed by atoms with E-state index in [1.807, 2.05) is 48.5 Å². The Morgan fingerprint density at radius 1 is 0.771 bits per heavy atom. The van der Waals surface area contributed by atoms with E-state index >= 15 is 0 Å². The maximum atomic E-state index is 12.5. The molecule has 2 heterocycles. The fourth-order valence-electron chi connectivity index (χ4n) is 6.47. The van der Waals surface area contributed by atoms with Gasteiger partial charge in [0.1, 0.15) is 0 Å². The molecule has 2 fully saturated rings. The maximum absolute atomic E-state index is 12.5. The van der Waals surface area contributed by atoms with Crippen LogP contribution in [0.25, 0.3) is 0 Å². The minimum atomic E-state index is -0.489. The van der Waals surface area contributed by atoms with E-state index in [9.17, 15) is 14.7 Å². The Hall–Kier alpha value is -3.76. The summed E-state index contributed by atoms with van der Waals surface area (Å²) in [6, 6.07) is 23.3. The molecule has 2 aliphatic heterocycles. The molecule has 0 bridgehead atoms. The molecule has 0 radical (unpaired) electrons. The van der Waals surface area contributed by atoms with E-state index in [0.717, 1.165) is 61.2 Å². The summed E-state index contributed by atoms with van der Waals surface area (Å²) in [7, 11) is 0. The quantitative estimate of drug-likeness (QED) is 0.111. The molecule has 2 amide bonds. The van der Waals surface area contributed by atoms with Crippen LogP contribution in [-0.2, 0) is 32.2 Å². The van der Waals surface area contributed by atoms with E-state index in [1.165, 1.54) is 32.1 Å². The number of hydrogen-bond acceptors (Lipinski definition) is 7. The molecule has 5 rings (SSSR count). The van der Waals surface area contributed by atoms with Crippen LogP contribution in [0.15, 0.2) is 72.8 Å². The number of anilines is 2. The van der Waals surface area contributed by atoms with Gasteiger partial charge in [-0.25, -0.2) is 0 Å². The van der Waals surface area contributed by atoms with Crippen LogP contribution in [0.1, 0.15) is 105 Å². The van der Waals surface area contributed by atoms with Crippen molar-refractivity contribution in [3.05, 3.63) is 95.1 Å². The molecular formula is C39H52N4O5. The van der Waals surface area contributed by atoms with Gasteiger partial charge in [-0.3, -0.25) is 9.59 Å². The average Bonchev–Trinajstić information content (AvgIpc) is 3.09. The van der Waals surface area contributed by atoms with Crippen molar-refractivity contribution in [2.45, 2.75) is 102 Å². The summed E-state index contributed by atoms with van der Waals surface area (Å²) in [5.74, 6) is -0.0676. The molecule has 5 N–H and O–H groups in total. The first-order valence-corrected chi connectivity index (χ1v) is 17.7. The van der Waals surface area contributed by atoms with Gasteiger partial charge in [-0.2, -0.15) is 0 Å². The van der Waals surface area contributed by atoms with Gasteiger partial charge in [0, 0.05) is 37.9 Å². The third kappa shape index (κ3) is 11.2. The van der Waals surface area contributed by atoms with Gasteiger partial charge < -0.3 is 35.8 Å². The normalized spacial score (nSPS) is 20.4. The SMILES string of the molecule is Nc1ccccc1NC(=O)CCCCCC(=O)NCc1ccc([C@H]2O[C@@H](CN3CCCCCCC3)C[C@@H](c3ccc(CO)cc3)O2)cc1. The Bertz CT molecular complexity index is 1420. The number of carbonyl (C=O) groups is 2. The molecule has 0 spiro atoms. The number of para-hydroxylation sites is 2. The first kappa shape index (κ1) is 35.5. The van der Waals surface area contributed by atoms with Crippen LogP contribution in [0.3, 0.4) is 0 Å².